The SMILES string of the molecule is CC1(F)CC(c2cccc(CC(=O)Nc3nnc([C@H]4CCC[C@H](c5nnc(NC(=O)Cc6cccc(C7CC(F)(F)C7)n6)s5)C4)s3)n2)C1. The Morgan fingerprint density at radius 1 is 0.729 bits per heavy atom. The van der Waals surface area contributed by atoms with Crippen molar-refractivity contribution in [2.24, 2.45) is 0 Å². The van der Waals surface area contributed by atoms with Crippen LogP contribution < -0.4 is 10.6 Å². The summed E-state index contributed by atoms with van der Waals surface area (Å²) in [4.78, 5) is 34.6. The van der Waals surface area contributed by atoms with Gasteiger partial charge in [0.25, 0.3) is 0 Å². The molecule has 3 aliphatic rings. The molecule has 4 heterocycles. The van der Waals surface area contributed by atoms with Crippen molar-refractivity contribution in [1.29, 1.82) is 0 Å². The lowest BCUT2D eigenvalue weighted by Gasteiger charge is -2.38. The van der Waals surface area contributed by atoms with E-state index in [4.69, 9.17) is 0 Å². The number of halogens is 3. The molecule has 2 amide bonds. The van der Waals surface area contributed by atoms with Gasteiger partial charge in [-0.25, -0.2) is 13.2 Å². The molecule has 0 bridgehead atoms. The van der Waals surface area contributed by atoms with Crippen molar-refractivity contribution in [3.63, 3.8) is 0 Å². The zero-order valence-electron chi connectivity index (χ0n) is 26.3. The van der Waals surface area contributed by atoms with Gasteiger partial charge in [0, 0.05) is 47.9 Å². The molecule has 3 fully saturated rings. The number of carbonyl (C=O) groups is 2. The summed E-state index contributed by atoms with van der Waals surface area (Å²) in [5.41, 5.74) is 1.44. The van der Waals surface area contributed by atoms with Crippen LogP contribution in [-0.4, -0.2) is 53.8 Å². The van der Waals surface area contributed by atoms with Gasteiger partial charge in [-0.1, -0.05) is 41.2 Å². The van der Waals surface area contributed by atoms with Gasteiger partial charge < -0.3 is 10.6 Å². The third-order valence-electron chi connectivity index (χ3n) is 9.36. The number of hydrogen-bond donors (Lipinski definition) is 2. The van der Waals surface area contributed by atoms with Crippen molar-refractivity contribution in [3.8, 4) is 0 Å². The van der Waals surface area contributed by atoms with Gasteiger partial charge in [0.05, 0.1) is 24.2 Å². The third kappa shape index (κ3) is 7.72. The summed E-state index contributed by atoms with van der Waals surface area (Å²) in [5, 5.41) is 25.4. The Balaban J connectivity index is 0.899. The Bertz CT molecular complexity index is 1670. The third-order valence-corrected chi connectivity index (χ3v) is 11.4. The molecule has 0 unspecified atom stereocenters. The molecule has 0 aliphatic heterocycles. The van der Waals surface area contributed by atoms with Crippen LogP contribution in [0, 0.1) is 0 Å². The summed E-state index contributed by atoms with van der Waals surface area (Å²) >= 11 is 2.72. The first-order valence-electron chi connectivity index (χ1n) is 16.2. The molecule has 3 aliphatic carbocycles. The topological polar surface area (TPSA) is 136 Å². The predicted octanol–water partition coefficient (Wildman–Crippen LogP) is 7.10. The van der Waals surface area contributed by atoms with Crippen LogP contribution >= 0.6 is 22.7 Å². The molecule has 48 heavy (non-hydrogen) atoms. The molecule has 0 saturated heterocycles. The van der Waals surface area contributed by atoms with Crippen molar-refractivity contribution in [1.82, 2.24) is 30.4 Å². The van der Waals surface area contributed by atoms with Crippen LogP contribution in [0.1, 0.15) is 115 Å². The lowest BCUT2D eigenvalue weighted by Crippen LogP contribution is -2.35. The fraction of sp³-hybridized carbons (Fsp3) is 0.515. The van der Waals surface area contributed by atoms with E-state index in [0.29, 0.717) is 40.2 Å². The summed E-state index contributed by atoms with van der Waals surface area (Å²) < 4.78 is 40.5. The number of nitrogens with zero attached hydrogens (tertiary/aromatic N) is 6. The first-order valence-corrected chi connectivity index (χ1v) is 17.9. The minimum Gasteiger partial charge on any atom is -0.300 e. The Morgan fingerprint density at radius 2 is 1.21 bits per heavy atom. The van der Waals surface area contributed by atoms with Gasteiger partial charge in [0.15, 0.2) is 0 Å². The normalized spacial score (nSPS) is 25.1. The van der Waals surface area contributed by atoms with Gasteiger partial charge in [0.2, 0.25) is 28.0 Å². The van der Waals surface area contributed by atoms with Crippen LogP contribution in [0.4, 0.5) is 23.4 Å². The van der Waals surface area contributed by atoms with E-state index in [1.165, 1.54) is 22.7 Å². The summed E-state index contributed by atoms with van der Waals surface area (Å²) in [6, 6.07) is 10.7. The zero-order valence-corrected chi connectivity index (χ0v) is 27.9. The van der Waals surface area contributed by atoms with Crippen molar-refractivity contribution >= 4 is 44.8 Å². The van der Waals surface area contributed by atoms with Gasteiger partial charge >= 0.3 is 0 Å². The van der Waals surface area contributed by atoms with E-state index in [0.717, 1.165) is 41.4 Å². The van der Waals surface area contributed by atoms with Crippen LogP contribution in [0.25, 0.3) is 0 Å². The number of alkyl halides is 3. The molecule has 0 spiro atoms. The molecule has 2 atom stereocenters. The number of pyridine rings is 2. The van der Waals surface area contributed by atoms with E-state index in [1.54, 1.807) is 31.2 Å². The van der Waals surface area contributed by atoms with Crippen LogP contribution in [0.3, 0.4) is 0 Å². The van der Waals surface area contributed by atoms with Crippen LogP contribution in [0.5, 0.6) is 0 Å². The predicted molar refractivity (Wildman–Crippen MR) is 175 cm³/mol. The molecule has 0 aromatic carbocycles. The Hall–Kier alpha value is -3.85. The molecule has 0 radical (unpaired) electrons. The molecule has 15 heteroatoms. The van der Waals surface area contributed by atoms with Gasteiger partial charge in [0.1, 0.15) is 15.7 Å². The summed E-state index contributed by atoms with van der Waals surface area (Å²) in [7, 11) is 0. The maximum atomic E-state index is 14.0. The quantitative estimate of drug-likeness (QED) is 0.179. The maximum Gasteiger partial charge on any atom is 0.249 e. The Morgan fingerprint density at radius 3 is 1.67 bits per heavy atom. The van der Waals surface area contributed by atoms with E-state index in [1.807, 2.05) is 12.1 Å². The number of rotatable bonds is 10. The van der Waals surface area contributed by atoms with Gasteiger partial charge in [-0.3, -0.25) is 19.6 Å². The van der Waals surface area contributed by atoms with Gasteiger partial charge in [-0.05, 0) is 63.3 Å². The smallest absolute Gasteiger partial charge is 0.249 e. The highest BCUT2D eigenvalue weighted by Crippen LogP contribution is 2.48. The molecule has 4 aromatic heterocycles. The monoisotopic (exact) mass is 696 g/mol. The molecule has 4 aromatic rings. The second-order valence-corrected chi connectivity index (χ2v) is 15.5. The fourth-order valence-corrected chi connectivity index (χ4v) is 8.70. The summed E-state index contributed by atoms with van der Waals surface area (Å²) in [5.74, 6) is -3.04. The standard InChI is InChI=1S/C33H35F3N8O2S2/c1-32(34)14-20(15-32)24-9-3-7-22(37-24)12-26(45)39-30-43-41-28(47-30)18-5-2-6-19(11-18)29-42-44-31(48-29)40-27(46)13-23-8-4-10-25(38-23)21-16-33(35,36)17-21/h3-4,7-10,18-21H,2,5-6,11-17H2,1H3,(H,39,43,45)(H,40,44,46)/t18-,19-,20?,32?/m0/s1. The number of hydrogen-bond acceptors (Lipinski definition) is 10. The van der Waals surface area contributed by atoms with E-state index < -0.39 is 11.6 Å². The highest BCUT2D eigenvalue weighted by molar-refractivity contribution is 7.15. The lowest BCUT2D eigenvalue weighted by atomic mass is 9.72. The minimum atomic E-state index is -2.63. The average molecular weight is 697 g/mol. The average Bonchev–Trinajstić information content (AvgIpc) is 3.69. The van der Waals surface area contributed by atoms with E-state index in [2.05, 4.69) is 41.0 Å². The maximum absolute atomic E-state index is 14.0. The molecular formula is C33H35F3N8O2S2. The van der Waals surface area contributed by atoms with Crippen molar-refractivity contribution in [2.45, 2.75) is 106 Å². The number of anilines is 2. The van der Waals surface area contributed by atoms with Crippen LogP contribution in [0.2, 0.25) is 0 Å². The van der Waals surface area contributed by atoms with Gasteiger partial charge in [-0.2, -0.15) is 0 Å². The highest BCUT2D eigenvalue weighted by Gasteiger charge is 2.46. The molecule has 3 saturated carbocycles. The molecule has 252 valence electrons. The Labute approximate surface area is 283 Å². The Kier molecular flexibility index (Phi) is 9.00. The van der Waals surface area contributed by atoms with E-state index >= 15 is 0 Å². The van der Waals surface area contributed by atoms with Crippen molar-refractivity contribution in [2.75, 3.05) is 10.6 Å². The molecule has 2 N–H and O–H groups in total. The van der Waals surface area contributed by atoms with Crippen molar-refractivity contribution in [3.05, 3.63) is 69.2 Å². The van der Waals surface area contributed by atoms with Crippen LogP contribution in [0.15, 0.2) is 36.4 Å². The fourth-order valence-electron chi connectivity index (χ4n) is 6.89. The number of nitrogens with one attached hydrogen (secondary N) is 2. The first-order chi connectivity index (χ1) is 23.0. The summed E-state index contributed by atoms with van der Waals surface area (Å²) in [6.45, 7) is 1.61. The number of aromatic nitrogens is 6. The zero-order chi connectivity index (χ0) is 33.5. The minimum absolute atomic E-state index is 0.0106. The number of carbonyl (C=O) groups excluding carboxylic acids is 2. The highest BCUT2D eigenvalue weighted by atomic mass is 32.1. The molecule has 7 rings (SSSR count). The van der Waals surface area contributed by atoms with Gasteiger partial charge in [-0.15, -0.1) is 20.4 Å². The van der Waals surface area contributed by atoms with Crippen molar-refractivity contribution < 1.29 is 22.8 Å². The van der Waals surface area contributed by atoms with E-state index in [-0.39, 0.29) is 61.2 Å². The first kappa shape index (κ1) is 32.7. The molecule has 10 nitrogen and oxygen atoms in total. The number of amides is 2. The largest absolute Gasteiger partial charge is 0.300 e. The second kappa shape index (κ2) is 13.2. The van der Waals surface area contributed by atoms with Crippen LogP contribution in [-0.2, 0) is 22.4 Å². The molecular weight excluding hydrogens is 662 g/mol. The van der Waals surface area contributed by atoms with E-state index in [9.17, 15) is 22.8 Å². The second-order valence-electron chi connectivity index (χ2n) is 13.5. The lowest BCUT2D eigenvalue weighted by molar-refractivity contribution is -0.116. The summed E-state index contributed by atoms with van der Waals surface area (Å²) in [6.07, 6.45) is 4.25.